The largest absolute Gasteiger partial charge is 0.364 e. The molecule has 2 atom stereocenters. The van der Waals surface area contributed by atoms with Crippen LogP contribution in [0.4, 0.5) is 0 Å². The number of amides is 2. The summed E-state index contributed by atoms with van der Waals surface area (Å²) in [5.41, 5.74) is 2.74. The SMILES string of the molecule is Cc1cc(C(=O)N2CC[C@@]3(c4ccccc4)NC(=O)CO[C@@H]3C2)cc(C)n1. The summed E-state index contributed by atoms with van der Waals surface area (Å²) in [5, 5.41) is 3.15. The quantitative estimate of drug-likeness (QED) is 0.883. The molecule has 0 bridgehead atoms. The van der Waals surface area contributed by atoms with Crippen LogP contribution in [0.5, 0.6) is 0 Å². The number of ether oxygens (including phenoxy) is 1. The standard InChI is InChI=1S/C21H23N3O3/c1-14-10-16(11-15(2)22-14)20(26)24-9-8-21(17-6-4-3-5-7-17)18(12-24)27-13-19(25)23-21/h3-7,10-11,18H,8-9,12-13H2,1-2H3,(H,23,25)/t18-,21+/m1/s1. The predicted molar refractivity (Wildman–Crippen MR) is 100 cm³/mol. The molecule has 3 heterocycles. The summed E-state index contributed by atoms with van der Waals surface area (Å²) in [4.78, 5) is 31.3. The maximum absolute atomic E-state index is 13.0. The van der Waals surface area contributed by atoms with Crippen LogP contribution in [0, 0.1) is 13.8 Å². The number of benzene rings is 1. The lowest BCUT2D eigenvalue weighted by atomic mass is 9.77. The van der Waals surface area contributed by atoms with Crippen LogP contribution in [0.1, 0.15) is 33.7 Å². The molecule has 2 fully saturated rings. The average Bonchev–Trinajstić information content (AvgIpc) is 2.67. The Morgan fingerprint density at radius 1 is 1.22 bits per heavy atom. The highest BCUT2D eigenvalue weighted by Crippen LogP contribution is 2.37. The minimum atomic E-state index is -0.586. The summed E-state index contributed by atoms with van der Waals surface area (Å²) in [6.45, 7) is 4.79. The van der Waals surface area contributed by atoms with Gasteiger partial charge in [0.05, 0.1) is 5.54 Å². The Hall–Kier alpha value is -2.73. The van der Waals surface area contributed by atoms with Crippen molar-refractivity contribution < 1.29 is 14.3 Å². The molecular formula is C21H23N3O3. The number of carbonyl (C=O) groups is 2. The minimum absolute atomic E-state index is 0.0224. The van der Waals surface area contributed by atoms with E-state index < -0.39 is 5.54 Å². The number of fused-ring (bicyclic) bond motifs is 1. The van der Waals surface area contributed by atoms with Crippen molar-refractivity contribution in [3.63, 3.8) is 0 Å². The van der Waals surface area contributed by atoms with Gasteiger partial charge in [-0.05, 0) is 38.0 Å². The number of carbonyl (C=O) groups excluding carboxylic acids is 2. The highest BCUT2D eigenvalue weighted by molar-refractivity contribution is 5.94. The number of rotatable bonds is 2. The number of hydrogen-bond acceptors (Lipinski definition) is 4. The lowest BCUT2D eigenvalue weighted by molar-refractivity contribution is -0.150. The summed E-state index contributed by atoms with van der Waals surface area (Å²) >= 11 is 0. The Morgan fingerprint density at radius 3 is 2.63 bits per heavy atom. The van der Waals surface area contributed by atoms with Crippen LogP contribution in [0.3, 0.4) is 0 Å². The molecule has 1 aromatic heterocycles. The first-order valence-electron chi connectivity index (χ1n) is 9.21. The minimum Gasteiger partial charge on any atom is -0.364 e. The number of nitrogens with zero attached hydrogens (tertiary/aromatic N) is 2. The second-order valence-corrected chi connectivity index (χ2v) is 7.32. The Bertz CT molecular complexity index is 863. The van der Waals surface area contributed by atoms with E-state index >= 15 is 0 Å². The van der Waals surface area contributed by atoms with Gasteiger partial charge in [-0.2, -0.15) is 0 Å². The summed E-state index contributed by atoms with van der Waals surface area (Å²) in [6, 6.07) is 13.5. The number of aryl methyl sites for hydroxylation is 2. The molecule has 2 aliphatic rings. The highest BCUT2D eigenvalue weighted by atomic mass is 16.5. The lowest BCUT2D eigenvalue weighted by Gasteiger charge is -2.50. The van der Waals surface area contributed by atoms with Crippen molar-refractivity contribution in [3.8, 4) is 0 Å². The van der Waals surface area contributed by atoms with Gasteiger partial charge in [-0.1, -0.05) is 30.3 Å². The molecule has 27 heavy (non-hydrogen) atoms. The first kappa shape index (κ1) is 17.7. The average molecular weight is 365 g/mol. The normalized spacial score (nSPS) is 24.9. The third kappa shape index (κ3) is 3.21. The van der Waals surface area contributed by atoms with Crippen LogP contribution in [-0.2, 0) is 15.1 Å². The smallest absolute Gasteiger partial charge is 0.254 e. The summed E-state index contributed by atoms with van der Waals surface area (Å²) in [7, 11) is 0. The fraction of sp³-hybridized carbons (Fsp3) is 0.381. The van der Waals surface area contributed by atoms with E-state index in [1.165, 1.54) is 0 Å². The molecule has 140 valence electrons. The van der Waals surface area contributed by atoms with Gasteiger partial charge in [0.15, 0.2) is 0 Å². The third-order valence-corrected chi connectivity index (χ3v) is 5.39. The molecule has 2 amide bonds. The van der Waals surface area contributed by atoms with E-state index in [0.29, 0.717) is 25.1 Å². The lowest BCUT2D eigenvalue weighted by Crippen LogP contribution is -2.67. The molecule has 2 aromatic rings. The van der Waals surface area contributed by atoms with E-state index in [4.69, 9.17) is 4.74 Å². The molecule has 6 nitrogen and oxygen atoms in total. The molecule has 2 aliphatic heterocycles. The molecule has 0 radical (unpaired) electrons. The van der Waals surface area contributed by atoms with Crippen LogP contribution in [0.25, 0.3) is 0 Å². The van der Waals surface area contributed by atoms with Crippen molar-refractivity contribution in [1.82, 2.24) is 15.2 Å². The summed E-state index contributed by atoms with van der Waals surface area (Å²) < 4.78 is 5.90. The second kappa shape index (κ2) is 6.78. The van der Waals surface area contributed by atoms with Gasteiger partial charge in [0.25, 0.3) is 5.91 Å². The maximum Gasteiger partial charge on any atom is 0.254 e. The molecule has 6 heteroatoms. The predicted octanol–water partition coefficient (Wildman–Crippen LogP) is 1.95. The van der Waals surface area contributed by atoms with Gasteiger partial charge in [0.1, 0.15) is 12.7 Å². The fourth-order valence-corrected chi connectivity index (χ4v) is 4.18. The molecule has 1 N–H and O–H groups in total. The number of aromatic nitrogens is 1. The van der Waals surface area contributed by atoms with Crippen molar-refractivity contribution in [2.75, 3.05) is 19.7 Å². The Balaban J connectivity index is 1.62. The zero-order valence-corrected chi connectivity index (χ0v) is 15.6. The molecule has 4 rings (SSSR count). The molecule has 0 spiro atoms. The van der Waals surface area contributed by atoms with Crippen LogP contribution in [0.2, 0.25) is 0 Å². The summed E-state index contributed by atoms with van der Waals surface area (Å²) in [6.07, 6.45) is 0.335. The van der Waals surface area contributed by atoms with Crippen molar-refractivity contribution in [1.29, 1.82) is 0 Å². The van der Waals surface area contributed by atoms with Crippen molar-refractivity contribution in [2.45, 2.75) is 31.9 Å². The third-order valence-electron chi connectivity index (χ3n) is 5.39. The van der Waals surface area contributed by atoms with E-state index in [0.717, 1.165) is 17.0 Å². The van der Waals surface area contributed by atoms with Gasteiger partial charge in [-0.3, -0.25) is 14.6 Å². The zero-order valence-electron chi connectivity index (χ0n) is 15.6. The number of morpholine rings is 1. The first-order chi connectivity index (χ1) is 13.0. The van der Waals surface area contributed by atoms with E-state index in [9.17, 15) is 9.59 Å². The molecule has 0 aliphatic carbocycles. The van der Waals surface area contributed by atoms with Gasteiger partial charge in [0.2, 0.25) is 5.91 Å². The number of nitrogens with one attached hydrogen (secondary N) is 1. The Kier molecular flexibility index (Phi) is 4.44. The van der Waals surface area contributed by atoms with Gasteiger partial charge in [-0.25, -0.2) is 0 Å². The Morgan fingerprint density at radius 2 is 1.93 bits per heavy atom. The second-order valence-electron chi connectivity index (χ2n) is 7.32. The van der Waals surface area contributed by atoms with Gasteiger partial charge >= 0.3 is 0 Å². The van der Waals surface area contributed by atoms with Crippen LogP contribution in [-0.4, -0.2) is 47.5 Å². The topological polar surface area (TPSA) is 71.5 Å². The van der Waals surface area contributed by atoms with Crippen LogP contribution >= 0.6 is 0 Å². The van der Waals surface area contributed by atoms with Crippen molar-refractivity contribution >= 4 is 11.8 Å². The van der Waals surface area contributed by atoms with E-state index in [1.807, 2.05) is 61.2 Å². The molecule has 2 saturated heterocycles. The molecule has 1 aromatic carbocycles. The highest BCUT2D eigenvalue weighted by Gasteiger charge is 2.49. The first-order valence-corrected chi connectivity index (χ1v) is 9.21. The zero-order chi connectivity index (χ0) is 19.0. The van der Waals surface area contributed by atoms with E-state index in [-0.39, 0.29) is 24.5 Å². The van der Waals surface area contributed by atoms with Gasteiger partial charge < -0.3 is 15.0 Å². The number of likely N-dealkylation sites (tertiary alicyclic amines) is 1. The van der Waals surface area contributed by atoms with Crippen molar-refractivity contribution in [3.05, 3.63) is 65.0 Å². The summed E-state index contributed by atoms with van der Waals surface area (Å²) in [5.74, 6) is -0.138. The monoisotopic (exact) mass is 365 g/mol. The molecular weight excluding hydrogens is 342 g/mol. The fourth-order valence-electron chi connectivity index (χ4n) is 4.18. The Labute approximate surface area is 158 Å². The molecule has 0 saturated carbocycles. The van der Waals surface area contributed by atoms with Crippen molar-refractivity contribution in [2.24, 2.45) is 0 Å². The van der Waals surface area contributed by atoms with E-state index in [2.05, 4.69) is 10.3 Å². The van der Waals surface area contributed by atoms with E-state index in [1.54, 1.807) is 0 Å². The van der Waals surface area contributed by atoms with Crippen LogP contribution < -0.4 is 5.32 Å². The molecule has 0 unspecified atom stereocenters. The van der Waals surface area contributed by atoms with Gasteiger partial charge in [-0.15, -0.1) is 0 Å². The van der Waals surface area contributed by atoms with Gasteiger partial charge in [0, 0.05) is 30.0 Å². The number of hydrogen-bond donors (Lipinski definition) is 1. The number of pyridine rings is 1. The maximum atomic E-state index is 13.0. The number of piperidine rings is 1. The van der Waals surface area contributed by atoms with Crippen LogP contribution in [0.15, 0.2) is 42.5 Å².